The number of carbonyl (C=O) groups excluding carboxylic acids is 1. The molecule has 0 aliphatic rings. The van der Waals surface area contributed by atoms with Gasteiger partial charge in [-0.1, -0.05) is 11.6 Å². The molecule has 90 valence electrons. The molecule has 0 atom stereocenters. The lowest BCUT2D eigenvalue weighted by Crippen LogP contribution is -2.21. The molecule has 2 nitrogen and oxygen atoms in total. The first kappa shape index (κ1) is 13.5. The van der Waals surface area contributed by atoms with Gasteiger partial charge < -0.3 is 5.32 Å². The van der Waals surface area contributed by atoms with Crippen LogP contribution in [0.5, 0.6) is 0 Å². The molecule has 0 saturated carbocycles. The zero-order chi connectivity index (χ0) is 12.4. The summed E-state index contributed by atoms with van der Waals surface area (Å²) in [5.74, 6) is -0.0778. The maximum atomic E-state index is 11.8. The van der Waals surface area contributed by atoms with Gasteiger partial charge in [-0.25, -0.2) is 0 Å². The van der Waals surface area contributed by atoms with E-state index < -0.39 is 0 Å². The van der Waals surface area contributed by atoms with Crippen molar-refractivity contribution < 1.29 is 4.79 Å². The van der Waals surface area contributed by atoms with Crippen molar-refractivity contribution in [2.24, 2.45) is 0 Å². The molecule has 1 amide bonds. The van der Waals surface area contributed by atoms with E-state index in [0.29, 0.717) is 11.4 Å². The first-order valence-electron chi connectivity index (χ1n) is 4.53. The molecule has 0 aliphatic heterocycles. The lowest BCUT2D eigenvalue weighted by molar-refractivity contribution is 0.0955. The van der Waals surface area contributed by atoms with Crippen LogP contribution >= 0.6 is 66.1 Å². The molecule has 2 aromatic rings. The highest BCUT2D eigenvalue weighted by Gasteiger charge is 2.11. The minimum absolute atomic E-state index is 0.0778. The summed E-state index contributed by atoms with van der Waals surface area (Å²) in [6, 6.07) is 5.53. The van der Waals surface area contributed by atoms with Crippen LogP contribution in [0.1, 0.15) is 14.5 Å². The molecule has 2 aromatic heterocycles. The fourth-order valence-corrected chi connectivity index (χ4v) is 4.14. The summed E-state index contributed by atoms with van der Waals surface area (Å²) in [5.41, 5.74) is 0. The van der Waals surface area contributed by atoms with Gasteiger partial charge in [0.15, 0.2) is 0 Å². The van der Waals surface area contributed by atoms with Crippen molar-refractivity contribution in [1.82, 2.24) is 5.32 Å². The van der Waals surface area contributed by atoms with E-state index in [2.05, 4.69) is 37.2 Å². The zero-order valence-corrected chi connectivity index (χ0v) is 13.9. The van der Waals surface area contributed by atoms with Gasteiger partial charge in [-0.15, -0.1) is 22.7 Å². The Morgan fingerprint density at radius 2 is 2.12 bits per heavy atom. The second-order valence-electron chi connectivity index (χ2n) is 3.12. The van der Waals surface area contributed by atoms with Crippen LogP contribution in [0.2, 0.25) is 4.34 Å². The van der Waals surface area contributed by atoms with E-state index in [1.54, 1.807) is 6.07 Å². The van der Waals surface area contributed by atoms with Gasteiger partial charge in [-0.05, 0) is 50.1 Å². The summed E-state index contributed by atoms with van der Waals surface area (Å²) in [5, 5.41) is 2.85. The Morgan fingerprint density at radius 1 is 1.35 bits per heavy atom. The van der Waals surface area contributed by atoms with Crippen molar-refractivity contribution in [3.05, 3.63) is 40.5 Å². The van der Waals surface area contributed by atoms with Gasteiger partial charge in [0.25, 0.3) is 5.91 Å². The van der Waals surface area contributed by atoms with Gasteiger partial charge in [-0.2, -0.15) is 0 Å². The quantitative estimate of drug-likeness (QED) is 0.758. The van der Waals surface area contributed by atoms with Crippen LogP contribution in [0, 0.1) is 0 Å². The van der Waals surface area contributed by atoms with E-state index in [4.69, 9.17) is 11.6 Å². The standard InChI is InChI=1S/C10H6Br2ClNOS2/c11-6-3-7(17-9(6)12)10(15)14-4-5-1-2-8(13)16-5/h1-3H,4H2,(H,14,15). The van der Waals surface area contributed by atoms with Gasteiger partial charge in [-0.3, -0.25) is 4.79 Å². The van der Waals surface area contributed by atoms with E-state index in [9.17, 15) is 4.79 Å². The van der Waals surface area contributed by atoms with Crippen molar-refractivity contribution in [3.63, 3.8) is 0 Å². The van der Waals surface area contributed by atoms with E-state index >= 15 is 0 Å². The second-order valence-corrected chi connectivity index (χ2v) is 8.14. The number of rotatable bonds is 3. The Kier molecular flexibility index (Phi) is 4.65. The normalized spacial score (nSPS) is 10.5. The summed E-state index contributed by atoms with van der Waals surface area (Å²) in [6.45, 7) is 0.503. The van der Waals surface area contributed by atoms with Crippen LogP contribution in [0.25, 0.3) is 0 Å². The van der Waals surface area contributed by atoms with E-state index in [0.717, 1.165) is 17.5 Å². The maximum absolute atomic E-state index is 11.8. The summed E-state index contributed by atoms with van der Waals surface area (Å²) in [4.78, 5) is 13.5. The second kappa shape index (κ2) is 5.84. The van der Waals surface area contributed by atoms with Gasteiger partial charge in [0.1, 0.15) is 0 Å². The Morgan fingerprint density at radius 3 is 2.65 bits per heavy atom. The van der Waals surface area contributed by atoms with Crippen molar-refractivity contribution >= 4 is 72.0 Å². The average Bonchev–Trinajstić information content (AvgIpc) is 2.83. The Balaban J connectivity index is 1.98. The molecule has 2 rings (SSSR count). The Bertz CT molecular complexity index is 533. The van der Waals surface area contributed by atoms with Gasteiger partial charge >= 0.3 is 0 Å². The topological polar surface area (TPSA) is 29.1 Å². The number of hydrogen-bond donors (Lipinski definition) is 1. The number of nitrogens with one attached hydrogen (secondary N) is 1. The molecule has 0 radical (unpaired) electrons. The van der Waals surface area contributed by atoms with E-state index in [-0.39, 0.29) is 5.91 Å². The number of carbonyl (C=O) groups is 1. The highest BCUT2D eigenvalue weighted by Crippen LogP contribution is 2.32. The van der Waals surface area contributed by atoms with Crippen LogP contribution in [0.4, 0.5) is 0 Å². The predicted molar refractivity (Wildman–Crippen MR) is 80.2 cm³/mol. The molecule has 0 aliphatic carbocycles. The molecule has 0 aromatic carbocycles. The van der Waals surface area contributed by atoms with Gasteiger partial charge in [0.2, 0.25) is 0 Å². The van der Waals surface area contributed by atoms with Crippen molar-refractivity contribution in [2.45, 2.75) is 6.54 Å². The fraction of sp³-hybridized carbons (Fsp3) is 0.100. The molecule has 0 saturated heterocycles. The smallest absolute Gasteiger partial charge is 0.261 e. The van der Waals surface area contributed by atoms with Crippen molar-refractivity contribution in [1.29, 1.82) is 0 Å². The minimum atomic E-state index is -0.0778. The summed E-state index contributed by atoms with van der Waals surface area (Å²) >= 11 is 15.4. The molecule has 7 heteroatoms. The number of halogens is 3. The highest BCUT2D eigenvalue weighted by molar-refractivity contribution is 9.13. The fourth-order valence-electron chi connectivity index (χ4n) is 1.16. The Labute approximate surface area is 128 Å². The molecule has 1 N–H and O–H groups in total. The van der Waals surface area contributed by atoms with Crippen LogP contribution in [0.3, 0.4) is 0 Å². The average molecular weight is 416 g/mol. The van der Waals surface area contributed by atoms with E-state index in [1.165, 1.54) is 22.7 Å². The molecule has 0 spiro atoms. The number of hydrogen-bond acceptors (Lipinski definition) is 3. The zero-order valence-electron chi connectivity index (χ0n) is 8.30. The third-order valence-corrected chi connectivity index (χ3v) is 6.41. The van der Waals surface area contributed by atoms with Crippen LogP contribution < -0.4 is 5.32 Å². The van der Waals surface area contributed by atoms with E-state index in [1.807, 2.05) is 12.1 Å². The third-order valence-electron chi connectivity index (χ3n) is 1.92. The molecule has 0 unspecified atom stereocenters. The highest BCUT2D eigenvalue weighted by atomic mass is 79.9. The lowest BCUT2D eigenvalue weighted by Gasteiger charge is -2.00. The summed E-state index contributed by atoms with van der Waals surface area (Å²) in [7, 11) is 0. The monoisotopic (exact) mass is 413 g/mol. The summed E-state index contributed by atoms with van der Waals surface area (Å²) < 4.78 is 2.55. The Hall–Kier alpha value is 0.120. The molecule has 0 bridgehead atoms. The van der Waals surface area contributed by atoms with Crippen LogP contribution in [0.15, 0.2) is 26.5 Å². The van der Waals surface area contributed by atoms with Gasteiger partial charge in [0, 0.05) is 9.35 Å². The van der Waals surface area contributed by atoms with Crippen LogP contribution in [-0.4, -0.2) is 5.91 Å². The van der Waals surface area contributed by atoms with Crippen molar-refractivity contribution in [3.8, 4) is 0 Å². The molecule has 0 fully saturated rings. The molecular weight excluding hydrogens is 410 g/mol. The maximum Gasteiger partial charge on any atom is 0.261 e. The van der Waals surface area contributed by atoms with Crippen LogP contribution in [-0.2, 0) is 6.54 Å². The van der Waals surface area contributed by atoms with Gasteiger partial charge in [0.05, 0.1) is 19.5 Å². The largest absolute Gasteiger partial charge is 0.346 e. The van der Waals surface area contributed by atoms with Crippen molar-refractivity contribution in [2.75, 3.05) is 0 Å². The first-order chi connectivity index (χ1) is 8.06. The molecular formula is C10H6Br2ClNOS2. The first-order valence-corrected chi connectivity index (χ1v) is 8.13. The summed E-state index contributed by atoms with van der Waals surface area (Å²) in [6.07, 6.45) is 0. The molecule has 2 heterocycles. The lowest BCUT2D eigenvalue weighted by atomic mass is 10.4. The predicted octanol–water partition coefficient (Wildman–Crippen LogP) is 4.92. The third kappa shape index (κ3) is 3.54. The number of thiophene rings is 2. The minimum Gasteiger partial charge on any atom is -0.346 e. The SMILES string of the molecule is O=C(NCc1ccc(Cl)s1)c1cc(Br)c(Br)s1. The molecule has 17 heavy (non-hydrogen) atoms. The number of amides is 1.